The second-order valence-corrected chi connectivity index (χ2v) is 7.10. The molecule has 2 aromatic carbocycles. The van der Waals surface area contributed by atoms with Gasteiger partial charge in [-0.2, -0.15) is 0 Å². The average Bonchev–Trinajstić information content (AvgIpc) is 2.65. The van der Waals surface area contributed by atoms with Crippen LogP contribution in [0.25, 0.3) is 0 Å². The molecule has 1 amide bonds. The van der Waals surface area contributed by atoms with Crippen LogP contribution in [0.15, 0.2) is 41.3 Å². The van der Waals surface area contributed by atoms with Crippen LogP contribution >= 0.6 is 0 Å². The zero-order chi connectivity index (χ0) is 20.2. The number of hydrogen-bond donors (Lipinski definition) is 3. The van der Waals surface area contributed by atoms with Gasteiger partial charge in [-0.15, -0.1) is 4.83 Å². The highest BCUT2D eigenvalue weighted by Gasteiger charge is 2.20. The summed E-state index contributed by atoms with van der Waals surface area (Å²) in [5, 5.41) is 9.02. The van der Waals surface area contributed by atoms with Crippen LogP contribution in [0.5, 0.6) is 11.5 Å². The van der Waals surface area contributed by atoms with Gasteiger partial charge in [0, 0.05) is 11.6 Å². The minimum Gasteiger partial charge on any atom is -0.497 e. The first kappa shape index (κ1) is 20.2. The van der Waals surface area contributed by atoms with Gasteiger partial charge in [-0.25, -0.2) is 13.2 Å². The zero-order valence-electron chi connectivity index (χ0n) is 14.8. The number of sulfonamides is 1. The van der Waals surface area contributed by atoms with Crippen LogP contribution in [0.1, 0.15) is 26.3 Å². The van der Waals surface area contributed by atoms with Gasteiger partial charge in [0.25, 0.3) is 15.9 Å². The van der Waals surface area contributed by atoms with E-state index in [0.717, 1.165) is 6.07 Å². The molecule has 0 bridgehead atoms. The molecule has 2 aromatic rings. The van der Waals surface area contributed by atoms with Crippen LogP contribution in [0, 0.1) is 6.92 Å². The number of ether oxygens (including phenoxy) is 2. The van der Waals surface area contributed by atoms with E-state index in [0.29, 0.717) is 17.1 Å². The summed E-state index contributed by atoms with van der Waals surface area (Å²) >= 11 is 0. The molecule has 27 heavy (non-hydrogen) atoms. The van der Waals surface area contributed by atoms with Crippen molar-refractivity contribution in [1.29, 1.82) is 0 Å². The van der Waals surface area contributed by atoms with Crippen LogP contribution in [-0.4, -0.2) is 39.6 Å². The quantitative estimate of drug-likeness (QED) is 0.604. The Morgan fingerprint density at radius 3 is 2.07 bits per heavy atom. The minimum atomic E-state index is -4.19. The van der Waals surface area contributed by atoms with Gasteiger partial charge in [-0.05, 0) is 36.8 Å². The van der Waals surface area contributed by atoms with E-state index in [1.165, 1.54) is 45.4 Å². The molecule has 0 spiro atoms. The summed E-state index contributed by atoms with van der Waals surface area (Å²) in [6.07, 6.45) is 0. The van der Waals surface area contributed by atoms with E-state index >= 15 is 0 Å². The van der Waals surface area contributed by atoms with Crippen molar-refractivity contribution in [1.82, 2.24) is 10.3 Å². The first-order valence-electron chi connectivity index (χ1n) is 7.57. The summed E-state index contributed by atoms with van der Waals surface area (Å²) in [5.74, 6) is -1.30. The first-order chi connectivity index (χ1) is 12.7. The van der Waals surface area contributed by atoms with Crippen molar-refractivity contribution in [2.75, 3.05) is 14.2 Å². The minimum absolute atomic E-state index is 0.102. The van der Waals surface area contributed by atoms with Crippen molar-refractivity contribution in [3.05, 3.63) is 53.1 Å². The molecule has 0 aromatic heterocycles. The van der Waals surface area contributed by atoms with Crippen LogP contribution in [0.3, 0.4) is 0 Å². The standard InChI is InChI=1S/C17H18N2O7S/c1-10-4-5-11(17(21)22)8-15(10)27(23,24)19-18-16(20)12-6-13(25-2)9-14(7-12)26-3/h4-9,19H,1-3H3,(H,18,20)(H,21,22). The molecule has 0 saturated carbocycles. The lowest BCUT2D eigenvalue weighted by Crippen LogP contribution is -2.41. The normalized spacial score (nSPS) is 10.9. The van der Waals surface area contributed by atoms with E-state index < -0.39 is 21.9 Å². The van der Waals surface area contributed by atoms with Crippen LogP contribution in [-0.2, 0) is 10.0 Å². The Morgan fingerprint density at radius 1 is 0.963 bits per heavy atom. The van der Waals surface area contributed by atoms with Crippen LogP contribution in [0.2, 0.25) is 0 Å². The Balaban J connectivity index is 2.24. The van der Waals surface area contributed by atoms with Gasteiger partial charge in [0.2, 0.25) is 0 Å². The van der Waals surface area contributed by atoms with Crippen LogP contribution in [0.4, 0.5) is 0 Å². The van der Waals surface area contributed by atoms with Crippen molar-refractivity contribution in [3.8, 4) is 11.5 Å². The molecule has 0 atom stereocenters. The SMILES string of the molecule is COc1cc(OC)cc(C(=O)NNS(=O)(=O)c2cc(C(=O)O)ccc2C)c1. The Labute approximate surface area is 155 Å². The smallest absolute Gasteiger partial charge is 0.335 e. The number of carbonyl (C=O) groups excluding carboxylic acids is 1. The third kappa shape index (κ3) is 4.74. The molecule has 0 heterocycles. The predicted octanol–water partition coefficient (Wildman–Crippen LogP) is 1.33. The van der Waals surface area contributed by atoms with E-state index in [1.54, 1.807) is 6.07 Å². The van der Waals surface area contributed by atoms with Crippen molar-refractivity contribution in [2.45, 2.75) is 11.8 Å². The highest BCUT2D eigenvalue weighted by atomic mass is 32.2. The molecule has 2 rings (SSSR count). The zero-order valence-corrected chi connectivity index (χ0v) is 15.6. The third-order valence-corrected chi connectivity index (χ3v) is 5.03. The van der Waals surface area contributed by atoms with Crippen molar-refractivity contribution in [2.24, 2.45) is 0 Å². The number of carbonyl (C=O) groups is 2. The topological polar surface area (TPSA) is 131 Å². The van der Waals surface area contributed by atoms with Crippen LogP contribution < -0.4 is 19.7 Å². The van der Waals surface area contributed by atoms with Crippen molar-refractivity contribution < 1.29 is 32.6 Å². The van der Waals surface area contributed by atoms with E-state index in [1.807, 2.05) is 4.83 Å². The molecule has 10 heteroatoms. The van der Waals surface area contributed by atoms with E-state index in [4.69, 9.17) is 14.6 Å². The van der Waals surface area contributed by atoms with E-state index in [-0.39, 0.29) is 16.0 Å². The van der Waals surface area contributed by atoms with Crippen molar-refractivity contribution >= 4 is 21.9 Å². The number of aromatic carboxylic acids is 1. The Kier molecular flexibility index (Phi) is 6.03. The lowest BCUT2D eigenvalue weighted by atomic mass is 10.1. The predicted molar refractivity (Wildman–Crippen MR) is 95.5 cm³/mol. The Hall–Kier alpha value is -3.11. The van der Waals surface area contributed by atoms with Gasteiger partial charge < -0.3 is 14.6 Å². The van der Waals surface area contributed by atoms with Gasteiger partial charge in [-0.1, -0.05) is 6.07 Å². The first-order valence-corrected chi connectivity index (χ1v) is 9.05. The second kappa shape index (κ2) is 8.06. The number of carboxylic acids is 1. The highest BCUT2D eigenvalue weighted by molar-refractivity contribution is 7.89. The van der Waals surface area contributed by atoms with E-state index in [2.05, 4.69) is 5.43 Å². The van der Waals surface area contributed by atoms with Gasteiger partial charge in [0.05, 0.1) is 24.7 Å². The number of hydrogen-bond acceptors (Lipinski definition) is 6. The molecule has 0 unspecified atom stereocenters. The number of amides is 1. The summed E-state index contributed by atoms with van der Waals surface area (Å²) in [6, 6.07) is 8.04. The molecular formula is C17H18N2O7S. The largest absolute Gasteiger partial charge is 0.497 e. The summed E-state index contributed by atoms with van der Waals surface area (Å²) < 4.78 is 35.0. The molecule has 9 nitrogen and oxygen atoms in total. The molecule has 0 fully saturated rings. The Bertz CT molecular complexity index is 965. The second-order valence-electron chi connectivity index (χ2n) is 5.45. The molecular weight excluding hydrogens is 376 g/mol. The number of nitrogens with one attached hydrogen (secondary N) is 2. The molecule has 0 aliphatic carbocycles. The molecule has 0 aliphatic rings. The summed E-state index contributed by atoms with van der Waals surface area (Å²) in [4.78, 5) is 25.0. The summed E-state index contributed by atoms with van der Waals surface area (Å²) in [6.45, 7) is 1.51. The molecule has 3 N–H and O–H groups in total. The molecule has 0 aliphatic heterocycles. The van der Waals surface area contributed by atoms with Gasteiger partial charge >= 0.3 is 5.97 Å². The number of methoxy groups -OCH3 is 2. The fraction of sp³-hybridized carbons (Fsp3) is 0.176. The fourth-order valence-electron chi connectivity index (χ4n) is 2.20. The lowest BCUT2D eigenvalue weighted by molar-refractivity contribution is 0.0696. The number of carboxylic acid groups (broad SMARTS) is 1. The third-order valence-electron chi connectivity index (χ3n) is 3.64. The van der Waals surface area contributed by atoms with Crippen molar-refractivity contribution in [3.63, 3.8) is 0 Å². The summed E-state index contributed by atoms with van der Waals surface area (Å²) in [7, 11) is -1.36. The molecule has 144 valence electrons. The number of aryl methyl sites for hydroxylation is 1. The maximum Gasteiger partial charge on any atom is 0.335 e. The monoisotopic (exact) mass is 394 g/mol. The molecule has 0 radical (unpaired) electrons. The van der Waals surface area contributed by atoms with Gasteiger partial charge in [0.1, 0.15) is 11.5 Å². The lowest BCUT2D eigenvalue weighted by Gasteiger charge is -2.12. The maximum atomic E-state index is 12.4. The van der Waals surface area contributed by atoms with Gasteiger partial charge in [0.15, 0.2) is 0 Å². The number of benzene rings is 2. The average molecular weight is 394 g/mol. The number of rotatable bonds is 7. The van der Waals surface area contributed by atoms with Gasteiger partial charge in [-0.3, -0.25) is 10.2 Å². The molecule has 0 saturated heterocycles. The number of hydrazine groups is 1. The van der Waals surface area contributed by atoms with E-state index in [9.17, 15) is 18.0 Å². The Morgan fingerprint density at radius 2 is 1.56 bits per heavy atom. The fourth-order valence-corrected chi connectivity index (χ4v) is 3.31. The highest BCUT2D eigenvalue weighted by Crippen LogP contribution is 2.22. The summed E-state index contributed by atoms with van der Waals surface area (Å²) in [5.41, 5.74) is 2.32. The maximum absolute atomic E-state index is 12.4.